The highest BCUT2D eigenvalue weighted by molar-refractivity contribution is 9.10. The quantitative estimate of drug-likeness (QED) is 0.202. The van der Waals surface area contributed by atoms with Crippen LogP contribution in [0.3, 0.4) is 0 Å². The minimum Gasteiger partial charge on any atom is -0.337 e. The van der Waals surface area contributed by atoms with Crippen LogP contribution in [0.15, 0.2) is 144 Å². The molecule has 5 aromatic carbocycles. The Balaban J connectivity index is 1.31. The third kappa shape index (κ3) is 4.92. The van der Waals surface area contributed by atoms with Gasteiger partial charge in [0.25, 0.3) is 0 Å². The van der Waals surface area contributed by atoms with Gasteiger partial charge in [0.15, 0.2) is 0 Å². The van der Waals surface area contributed by atoms with Crippen molar-refractivity contribution in [1.29, 1.82) is 0 Å². The molecular weight excluding hydrogens is 568 g/mol. The van der Waals surface area contributed by atoms with Crippen LogP contribution in [0, 0.1) is 0 Å². The summed E-state index contributed by atoms with van der Waals surface area (Å²) < 4.78 is 0.932. The van der Waals surface area contributed by atoms with E-state index in [0.717, 1.165) is 72.3 Å². The van der Waals surface area contributed by atoms with E-state index in [-0.39, 0.29) is 0 Å². The molecule has 7 aromatic rings. The lowest BCUT2D eigenvalue weighted by molar-refractivity contribution is 1.28. The third-order valence-electron chi connectivity index (χ3n) is 7.12. The maximum atomic E-state index is 5.08. The topological polar surface area (TPSA) is 57.4 Å². The van der Waals surface area contributed by atoms with Crippen LogP contribution in [-0.4, -0.2) is 19.9 Å². The lowest BCUT2D eigenvalue weighted by Gasteiger charge is -2.04. The molecule has 0 fully saturated rings. The Bertz CT molecular complexity index is 1810. The van der Waals surface area contributed by atoms with Gasteiger partial charge in [0, 0.05) is 37.9 Å². The fourth-order valence-electron chi connectivity index (χ4n) is 5.10. The zero-order chi connectivity index (χ0) is 27.6. The first-order valence-corrected chi connectivity index (χ1v) is 14.3. The number of H-pyrrole nitrogens is 2. The second kappa shape index (κ2) is 10.9. The van der Waals surface area contributed by atoms with Crippen LogP contribution in [-0.2, 0) is 0 Å². The SMILES string of the molecule is Brc1cc(-c2nc(-c3ccccc3)c(-c3ccccc3)[nH]2)ccc1-c1nc(-c2ccccc2)c(-c2ccccc2)[nH]1. The number of imidazole rings is 2. The molecule has 0 aliphatic heterocycles. The summed E-state index contributed by atoms with van der Waals surface area (Å²) in [5, 5.41) is 0. The molecule has 2 aromatic heterocycles. The van der Waals surface area contributed by atoms with Gasteiger partial charge in [-0.05, 0) is 12.1 Å². The monoisotopic (exact) mass is 592 g/mol. The molecule has 0 amide bonds. The van der Waals surface area contributed by atoms with Crippen molar-refractivity contribution in [2.24, 2.45) is 0 Å². The number of aromatic amines is 2. The smallest absolute Gasteiger partial charge is 0.139 e. The van der Waals surface area contributed by atoms with Gasteiger partial charge in [0.2, 0.25) is 0 Å². The lowest BCUT2D eigenvalue weighted by atomic mass is 10.1. The first kappa shape index (κ1) is 25.0. The minimum absolute atomic E-state index is 0.801. The van der Waals surface area contributed by atoms with Gasteiger partial charge in [-0.2, -0.15) is 0 Å². The number of rotatable bonds is 6. The molecule has 2 heterocycles. The molecule has 0 radical (unpaired) electrons. The van der Waals surface area contributed by atoms with Crippen LogP contribution in [0.4, 0.5) is 0 Å². The number of hydrogen-bond donors (Lipinski definition) is 2. The lowest BCUT2D eigenvalue weighted by Crippen LogP contribution is -1.87. The standard InChI is InChI=1S/C36H25BrN4/c37-30-23-28(35-38-31(24-13-5-1-6-14-24)32(39-35)25-15-7-2-8-16-25)21-22-29(30)36-40-33(26-17-9-3-10-18-26)34(41-36)27-19-11-4-12-20-27/h1-23H,(H,38,39)(H,40,41). The Kier molecular flexibility index (Phi) is 6.63. The van der Waals surface area contributed by atoms with Gasteiger partial charge in [0.1, 0.15) is 11.6 Å². The van der Waals surface area contributed by atoms with Gasteiger partial charge in [-0.1, -0.05) is 143 Å². The Hall–Kier alpha value is -5.00. The van der Waals surface area contributed by atoms with Crippen LogP contribution in [0.2, 0.25) is 0 Å². The average molecular weight is 594 g/mol. The van der Waals surface area contributed by atoms with E-state index in [1.807, 2.05) is 72.8 Å². The molecule has 2 N–H and O–H groups in total. The highest BCUT2D eigenvalue weighted by atomic mass is 79.9. The molecule has 0 bridgehead atoms. The molecule has 0 saturated heterocycles. The van der Waals surface area contributed by atoms with Gasteiger partial charge in [-0.15, -0.1) is 0 Å². The maximum absolute atomic E-state index is 5.08. The van der Waals surface area contributed by atoms with Crippen molar-refractivity contribution in [3.05, 3.63) is 144 Å². The highest BCUT2D eigenvalue weighted by Crippen LogP contribution is 2.38. The van der Waals surface area contributed by atoms with Gasteiger partial charge in [0.05, 0.1) is 22.8 Å². The van der Waals surface area contributed by atoms with E-state index in [9.17, 15) is 0 Å². The van der Waals surface area contributed by atoms with Gasteiger partial charge >= 0.3 is 0 Å². The molecule has 0 atom stereocenters. The van der Waals surface area contributed by atoms with Gasteiger partial charge < -0.3 is 9.97 Å². The van der Waals surface area contributed by atoms with Crippen LogP contribution < -0.4 is 0 Å². The Morgan fingerprint density at radius 3 is 1.29 bits per heavy atom. The fraction of sp³-hybridized carbons (Fsp3) is 0. The van der Waals surface area contributed by atoms with Crippen LogP contribution in [0.5, 0.6) is 0 Å². The van der Waals surface area contributed by atoms with Crippen molar-refractivity contribution in [2.75, 3.05) is 0 Å². The number of nitrogens with one attached hydrogen (secondary N) is 2. The molecule has 0 aliphatic rings. The molecule has 196 valence electrons. The first-order valence-electron chi connectivity index (χ1n) is 13.5. The van der Waals surface area contributed by atoms with E-state index >= 15 is 0 Å². The summed E-state index contributed by atoms with van der Waals surface area (Å²) in [5.41, 5.74) is 10.1. The number of benzene rings is 5. The van der Waals surface area contributed by atoms with Crippen molar-refractivity contribution in [3.8, 4) is 67.8 Å². The summed E-state index contributed by atoms with van der Waals surface area (Å²) in [6.45, 7) is 0. The fourth-order valence-corrected chi connectivity index (χ4v) is 5.67. The summed E-state index contributed by atoms with van der Waals surface area (Å²) in [7, 11) is 0. The molecular formula is C36H25BrN4. The van der Waals surface area contributed by atoms with E-state index in [1.54, 1.807) is 0 Å². The van der Waals surface area contributed by atoms with E-state index < -0.39 is 0 Å². The molecule has 0 saturated carbocycles. The van der Waals surface area contributed by atoms with Crippen molar-refractivity contribution in [2.45, 2.75) is 0 Å². The van der Waals surface area contributed by atoms with E-state index in [2.05, 4.69) is 92.6 Å². The second-order valence-electron chi connectivity index (χ2n) is 9.78. The summed E-state index contributed by atoms with van der Waals surface area (Å²) in [6.07, 6.45) is 0. The molecule has 7 rings (SSSR count). The number of aromatic nitrogens is 4. The summed E-state index contributed by atoms with van der Waals surface area (Å²) in [4.78, 5) is 17.4. The Morgan fingerprint density at radius 1 is 0.415 bits per heavy atom. The zero-order valence-electron chi connectivity index (χ0n) is 22.1. The van der Waals surface area contributed by atoms with E-state index in [0.29, 0.717) is 0 Å². The summed E-state index contributed by atoms with van der Waals surface area (Å²) in [5.74, 6) is 1.61. The molecule has 0 spiro atoms. The number of halogens is 1. The Morgan fingerprint density at radius 2 is 0.829 bits per heavy atom. The predicted octanol–water partition coefficient (Wildman–Crippen LogP) is 9.90. The van der Waals surface area contributed by atoms with Crippen LogP contribution >= 0.6 is 15.9 Å². The minimum atomic E-state index is 0.801. The summed E-state index contributed by atoms with van der Waals surface area (Å²) in [6, 6.07) is 47.5. The zero-order valence-corrected chi connectivity index (χ0v) is 23.6. The normalized spacial score (nSPS) is 11.0. The third-order valence-corrected chi connectivity index (χ3v) is 7.78. The maximum Gasteiger partial charge on any atom is 0.139 e. The van der Waals surface area contributed by atoms with Crippen LogP contribution in [0.1, 0.15) is 0 Å². The highest BCUT2D eigenvalue weighted by Gasteiger charge is 2.19. The van der Waals surface area contributed by atoms with Gasteiger partial charge in [-0.3, -0.25) is 0 Å². The molecule has 0 aliphatic carbocycles. The number of hydrogen-bond acceptors (Lipinski definition) is 2. The molecule has 0 unspecified atom stereocenters. The van der Waals surface area contributed by atoms with Crippen molar-refractivity contribution in [3.63, 3.8) is 0 Å². The predicted molar refractivity (Wildman–Crippen MR) is 171 cm³/mol. The average Bonchev–Trinajstić information content (AvgIpc) is 3.69. The van der Waals surface area contributed by atoms with E-state index in [1.165, 1.54) is 0 Å². The van der Waals surface area contributed by atoms with Crippen molar-refractivity contribution < 1.29 is 0 Å². The molecule has 4 nitrogen and oxygen atoms in total. The van der Waals surface area contributed by atoms with Crippen LogP contribution in [0.25, 0.3) is 67.8 Å². The largest absolute Gasteiger partial charge is 0.337 e. The number of nitrogens with zero attached hydrogens (tertiary/aromatic N) is 2. The van der Waals surface area contributed by atoms with Gasteiger partial charge in [-0.25, -0.2) is 9.97 Å². The first-order chi connectivity index (χ1) is 20.2. The van der Waals surface area contributed by atoms with Crippen molar-refractivity contribution >= 4 is 15.9 Å². The van der Waals surface area contributed by atoms with E-state index in [4.69, 9.17) is 9.97 Å². The molecule has 5 heteroatoms. The second-order valence-corrected chi connectivity index (χ2v) is 10.6. The summed E-state index contributed by atoms with van der Waals surface area (Å²) >= 11 is 3.84. The molecule has 41 heavy (non-hydrogen) atoms. The van der Waals surface area contributed by atoms with Crippen molar-refractivity contribution in [1.82, 2.24) is 19.9 Å². The Labute approximate surface area is 246 Å².